The van der Waals surface area contributed by atoms with E-state index >= 15 is 0 Å². The Morgan fingerprint density at radius 3 is 1.30 bits per heavy atom. The minimum absolute atomic E-state index is 0.0655. The first-order valence-electron chi connectivity index (χ1n) is 10.5. The summed E-state index contributed by atoms with van der Waals surface area (Å²) in [6, 6.07) is 0. The van der Waals surface area contributed by atoms with Crippen molar-refractivity contribution < 1.29 is 47.5 Å². The second-order valence-corrected chi connectivity index (χ2v) is 5.77. The van der Waals surface area contributed by atoms with Crippen molar-refractivity contribution in [2.75, 3.05) is 66.1 Å². The van der Waals surface area contributed by atoms with Crippen LogP contribution >= 0.6 is 0 Å². The Morgan fingerprint density at radius 1 is 0.567 bits per heavy atom. The molecule has 30 heavy (non-hydrogen) atoms. The van der Waals surface area contributed by atoms with E-state index in [0.717, 1.165) is 0 Å². The Morgan fingerprint density at radius 2 is 0.967 bits per heavy atom. The average Bonchev–Trinajstić information content (AvgIpc) is 2.74. The zero-order valence-electron chi connectivity index (χ0n) is 18.7. The van der Waals surface area contributed by atoms with Crippen LogP contribution in [0.2, 0.25) is 0 Å². The first kappa shape index (κ1) is 28.7. The number of esters is 2. The fraction of sp³-hybridized carbons (Fsp3) is 0.900. The zero-order chi connectivity index (χ0) is 22.5. The predicted octanol–water partition coefficient (Wildman–Crippen LogP) is 1.68. The van der Waals surface area contributed by atoms with Crippen molar-refractivity contribution in [2.45, 2.75) is 53.1 Å². The molecule has 0 radical (unpaired) electrons. The normalized spacial score (nSPS) is 13.1. The first-order valence-corrected chi connectivity index (χ1v) is 10.5. The highest BCUT2D eigenvalue weighted by molar-refractivity contribution is 5.77. The van der Waals surface area contributed by atoms with Gasteiger partial charge in [-0.15, -0.1) is 0 Å². The molecule has 0 rings (SSSR count). The lowest BCUT2D eigenvalue weighted by Crippen LogP contribution is -2.26. The van der Waals surface area contributed by atoms with Crippen molar-refractivity contribution in [1.29, 1.82) is 0 Å². The van der Waals surface area contributed by atoms with Gasteiger partial charge in [-0.25, -0.2) is 0 Å². The molecule has 178 valence electrons. The summed E-state index contributed by atoms with van der Waals surface area (Å²) in [5.41, 5.74) is 0. The summed E-state index contributed by atoms with van der Waals surface area (Å²) in [6.07, 6.45) is -1.14. The Labute approximate surface area is 179 Å². The standard InChI is InChI=1S/C20H38O10/c1-5-23-15-19(25-7-3)29-13-11-27-17(21)9-10-18(22)28-12-14-30-20(26-8-4)16-24-6-2/h19-20H,5-16H2,1-4H3. The van der Waals surface area contributed by atoms with E-state index < -0.39 is 24.5 Å². The topological polar surface area (TPSA) is 108 Å². The molecule has 0 aromatic heterocycles. The van der Waals surface area contributed by atoms with Crippen molar-refractivity contribution in [1.82, 2.24) is 0 Å². The minimum Gasteiger partial charge on any atom is -0.463 e. The lowest BCUT2D eigenvalue weighted by Gasteiger charge is -2.17. The molecule has 0 aromatic rings. The molecule has 10 nitrogen and oxygen atoms in total. The van der Waals surface area contributed by atoms with Gasteiger partial charge in [0, 0.05) is 26.4 Å². The van der Waals surface area contributed by atoms with Crippen LogP contribution < -0.4 is 0 Å². The molecule has 2 atom stereocenters. The molecule has 0 saturated heterocycles. The summed E-state index contributed by atoms with van der Waals surface area (Å²) in [7, 11) is 0. The quantitative estimate of drug-likeness (QED) is 0.149. The van der Waals surface area contributed by atoms with Gasteiger partial charge in [-0.2, -0.15) is 0 Å². The molecule has 0 fully saturated rings. The van der Waals surface area contributed by atoms with Crippen LogP contribution in [0.3, 0.4) is 0 Å². The maximum Gasteiger partial charge on any atom is 0.306 e. The molecule has 2 unspecified atom stereocenters. The average molecular weight is 439 g/mol. The molecule has 0 aliphatic carbocycles. The molecule has 10 heteroatoms. The molecular weight excluding hydrogens is 400 g/mol. The highest BCUT2D eigenvalue weighted by Crippen LogP contribution is 2.00. The summed E-state index contributed by atoms with van der Waals surface area (Å²) < 4.78 is 42.1. The Balaban J connectivity index is 3.78. The molecule has 0 aliphatic rings. The maximum absolute atomic E-state index is 11.7. The van der Waals surface area contributed by atoms with Gasteiger partial charge in [0.15, 0.2) is 12.6 Å². The van der Waals surface area contributed by atoms with Gasteiger partial charge in [-0.1, -0.05) is 0 Å². The lowest BCUT2D eigenvalue weighted by atomic mass is 10.3. The van der Waals surface area contributed by atoms with Crippen LogP contribution in [-0.2, 0) is 47.5 Å². The van der Waals surface area contributed by atoms with E-state index in [9.17, 15) is 9.59 Å². The summed E-state index contributed by atoms with van der Waals surface area (Å²) in [5.74, 6) is -1.00. The van der Waals surface area contributed by atoms with Crippen molar-refractivity contribution in [2.24, 2.45) is 0 Å². The van der Waals surface area contributed by atoms with E-state index in [0.29, 0.717) is 39.6 Å². The summed E-state index contributed by atoms with van der Waals surface area (Å²) in [4.78, 5) is 23.4. The number of carbonyl (C=O) groups is 2. The highest BCUT2D eigenvalue weighted by atomic mass is 16.7. The molecule has 0 spiro atoms. The summed E-state index contributed by atoms with van der Waals surface area (Å²) >= 11 is 0. The van der Waals surface area contributed by atoms with Crippen LogP contribution in [0.5, 0.6) is 0 Å². The largest absolute Gasteiger partial charge is 0.463 e. The zero-order valence-corrected chi connectivity index (χ0v) is 18.7. The van der Waals surface area contributed by atoms with Crippen LogP contribution in [-0.4, -0.2) is 90.6 Å². The van der Waals surface area contributed by atoms with Gasteiger partial charge in [0.2, 0.25) is 0 Å². The third-order valence-electron chi connectivity index (χ3n) is 3.45. The van der Waals surface area contributed by atoms with Gasteiger partial charge in [0.05, 0.1) is 39.3 Å². The predicted molar refractivity (Wildman–Crippen MR) is 107 cm³/mol. The van der Waals surface area contributed by atoms with Crippen molar-refractivity contribution >= 4 is 11.9 Å². The Bertz CT molecular complexity index is 380. The summed E-state index contributed by atoms with van der Waals surface area (Å²) in [5, 5.41) is 0. The fourth-order valence-electron chi connectivity index (χ4n) is 2.11. The van der Waals surface area contributed by atoms with Gasteiger partial charge >= 0.3 is 11.9 Å². The monoisotopic (exact) mass is 438 g/mol. The number of hydrogen-bond donors (Lipinski definition) is 0. The van der Waals surface area contributed by atoms with Crippen LogP contribution in [0.1, 0.15) is 40.5 Å². The van der Waals surface area contributed by atoms with Crippen LogP contribution in [0, 0.1) is 0 Å². The van der Waals surface area contributed by atoms with Crippen molar-refractivity contribution in [3.63, 3.8) is 0 Å². The number of hydrogen-bond acceptors (Lipinski definition) is 10. The molecule has 0 heterocycles. The smallest absolute Gasteiger partial charge is 0.306 e. The SMILES string of the molecule is CCOCC(OCC)OCCOC(=O)CCC(=O)OCCOC(COCC)OCC. The molecule has 0 amide bonds. The van der Waals surface area contributed by atoms with Crippen LogP contribution in [0.25, 0.3) is 0 Å². The Kier molecular flexibility index (Phi) is 20.0. The van der Waals surface area contributed by atoms with Crippen molar-refractivity contribution in [3.8, 4) is 0 Å². The molecule has 0 bridgehead atoms. The van der Waals surface area contributed by atoms with Gasteiger partial charge < -0.3 is 37.9 Å². The van der Waals surface area contributed by atoms with Gasteiger partial charge in [0.25, 0.3) is 0 Å². The van der Waals surface area contributed by atoms with Crippen LogP contribution in [0.4, 0.5) is 0 Å². The highest BCUT2D eigenvalue weighted by Gasteiger charge is 2.12. The van der Waals surface area contributed by atoms with E-state index in [1.807, 2.05) is 27.7 Å². The van der Waals surface area contributed by atoms with Gasteiger partial charge in [-0.05, 0) is 27.7 Å². The van der Waals surface area contributed by atoms with E-state index in [4.69, 9.17) is 37.9 Å². The van der Waals surface area contributed by atoms with Crippen molar-refractivity contribution in [3.05, 3.63) is 0 Å². The molecule has 0 N–H and O–H groups in total. The van der Waals surface area contributed by atoms with E-state index in [2.05, 4.69) is 0 Å². The maximum atomic E-state index is 11.7. The number of ether oxygens (including phenoxy) is 8. The first-order chi connectivity index (χ1) is 14.6. The Hall–Kier alpha value is -1.30. The lowest BCUT2D eigenvalue weighted by molar-refractivity contribution is -0.180. The van der Waals surface area contributed by atoms with Crippen LogP contribution in [0.15, 0.2) is 0 Å². The molecule has 0 aliphatic heterocycles. The van der Waals surface area contributed by atoms with E-state index in [1.165, 1.54) is 0 Å². The fourth-order valence-corrected chi connectivity index (χ4v) is 2.11. The third kappa shape index (κ3) is 17.5. The number of rotatable bonds is 21. The molecule has 0 aromatic carbocycles. The second-order valence-electron chi connectivity index (χ2n) is 5.77. The van der Waals surface area contributed by atoms with Gasteiger partial charge in [0.1, 0.15) is 13.2 Å². The van der Waals surface area contributed by atoms with E-state index in [-0.39, 0.29) is 39.3 Å². The second kappa shape index (κ2) is 21.0. The number of carbonyl (C=O) groups excluding carboxylic acids is 2. The van der Waals surface area contributed by atoms with E-state index in [1.54, 1.807) is 0 Å². The molecular formula is C20H38O10. The summed E-state index contributed by atoms with van der Waals surface area (Å²) in [6.45, 7) is 10.7. The third-order valence-corrected chi connectivity index (χ3v) is 3.45. The minimum atomic E-state index is -0.502. The van der Waals surface area contributed by atoms with Gasteiger partial charge in [-0.3, -0.25) is 9.59 Å². The molecule has 0 saturated carbocycles.